The second kappa shape index (κ2) is 16.3. The zero-order valence-corrected chi connectivity index (χ0v) is 14.2. The molecule has 0 aromatic heterocycles. The highest BCUT2D eigenvalue weighted by Gasteiger charge is 2.09. The Hall–Kier alpha value is -0.120. The Kier molecular flexibility index (Phi) is 16.2. The molecule has 3 nitrogen and oxygen atoms in total. The molecule has 0 aromatic carbocycles. The molecule has 0 aromatic rings. The van der Waals surface area contributed by atoms with E-state index in [0.29, 0.717) is 6.42 Å². The van der Waals surface area contributed by atoms with E-state index in [1.54, 1.807) is 0 Å². The molecule has 0 aliphatic carbocycles. The van der Waals surface area contributed by atoms with E-state index >= 15 is 0 Å². The zero-order valence-electron chi connectivity index (χ0n) is 14.2. The predicted octanol–water partition coefficient (Wildman–Crippen LogP) is 4.15. The molecule has 0 saturated heterocycles. The minimum atomic E-state index is -0.544. The summed E-state index contributed by atoms with van der Waals surface area (Å²) in [5, 5.41) is 19.0. The first-order chi connectivity index (χ1) is 10.2. The third-order valence-corrected chi connectivity index (χ3v) is 4.21. The molecule has 0 rings (SSSR count). The maximum absolute atomic E-state index is 9.70. The van der Waals surface area contributed by atoms with Crippen LogP contribution < -0.4 is 5.73 Å². The molecule has 0 bridgehead atoms. The normalized spacial score (nSPS) is 14.3. The Morgan fingerprint density at radius 1 is 0.667 bits per heavy atom. The lowest BCUT2D eigenvalue weighted by Gasteiger charge is -2.13. The number of nitrogens with two attached hydrogens (primary N) is 1. The van der Waals surface area contributed by atoms with E-state index in [0.717, 1.165) is 12.8 Å². The molecule has 0 saturated carbocycles. The van der Waals surface area contributed by atoms with E-state index in [4.69, 9.17) is 5.73 Å². The third kappa shape index (κ3) is 16.1. The highest BCUT2D eigenvalue weighted by atomic mass is 16.3. The molecule has 4 N–H and O–H groups in total. The maximum Gasteiger partial charge on any atom is 0.0687 e. The molecule has 128 valence electrons. The Morgan fingerprint density at radius 3 is 1.52 bits per heavy atom. The summed E-state index contributed by atoms with van der Waals surface area (Å²) in [7, 11) is 0. The van der Waals surface area contributed by atoms with Crippen molar-refractivity contribution in [2.24, 2.45) is 5.73 Å². The van der Waals surface area contributed by atoms with Crippen LogP contribution in [0.5, 0.6) is 0 Å². The zero-order chi connectivity index (χ0) is 15.8. The summed E-state index contributed by atoms with van der Waals surface area (Å²) in [6.07, 6.45) is 16.3. The van der Waals surface area contributed by atoms with Gasteiger partial charge in [0.15, 0.2) is 0 Å². The molecule has 0 aliphatic rings. The van der Waals surface area contributed by atoms with Crippen molar-refractivity contribution in [3.05, 3.63) is 0 Å². The second-order valence-corrected chi connectivity index (χ2v) is 6.46. The lowest BCUT2D eigenvalue weighted by Crippen LogP contribution is -2.25. The van der Waals surface area contributed by atoms with Gasteiger partial charge in [0, 0.05) is 13.0 Å². The largest absolute Gasteiger partial charge is 0.393 e. The van der Waals surface area contributed by atoms with Crippen molar-refractivity contribution < 1.29 is 10.2 Å². The molecule has 2 atom stereocenters. The lowest BCUT2D eigenvalue weighted by molar-refractivity contribution is 0.0783. The molecule has 0 spiro atoms. The van der Waals surface area contributed by atoms with Crippen LogP contribution in [0.1, 0.15) is 96.8 Å². The maximum atomic E-state index is 9.70. The standard InChI is InChI=1S/C18H39NO2/c1-2-3-4-5-6-7-8-9-10-11-12-13-14-17(20)15-18(21)16-19/h17-18,20-21H,2-16,19H2,1H3. The van der Waals surface area contributed by atoms with E-state index in [1.807, 2.05) is 0 Å². The molecule has 0 amide bonds. The first kappa shape index (κ1) is 20.9. The summed E-state index contributed by atoms with van der Waals surface area (Å²) < 4.78 is 0. The van der Waals surface area contributed by atoms with Crippen molar-refractivity contribution in [2.45, 2.75) is 109 Å². The van der Waals surface area contributed by atoms with Crippen LogP contribution >= 0.6 is 0 Å². The van der Waals surface area contributed by atoms with Gasteiger partial charge >= 0.3 is 0 Å². The van der Waals surface area contributed by atoms with Gasteiger partial charge in [-0.05, 0) is 6.42 Å². The first-order valence-electron chi connectivity index (χ1n) is 9.26. The van der Waals surface area contributed by atoms with Crippen LogP contribution in [0, 0.1) is 0 Å². The number of rotatable bonds is 16. The number of aliphatic hydroxyl groups is 2. The van der Waals surface area contributed by atoms with Crippen LogP contribution in [0.3, 0.4) is 0 Å². The number of aliphatic hydroxyl groups excluding tert-OH is 2. The van der Waals surface area contributed by atoms with Crippen molar-refractivity contribution in [3.8, 4) is 0 Å². The summed E-state index contributed by atoms with van der Waals surface area (Å²) in [6.45, 7) is 2.51. The predicted molar refractivity (Wildman–Crippen MR) is 91.4 cm³/mol. The minimum Gasteiger partial charge on any atom is -0.393 e. The van der Waals surface area contributed by atoms with Crippen LogP contribution in [0.2, 0.25) is 0 Å². The Labute approximate surface area is 132 Å². The fourth-order valence-electron chi connectivity index (χ4n) is 2.75. The third-order valence-electron chi connectivity index (χ3n) is 4.21. The summed E-state index contributed by atoms with van der Waals surface area (Å²) in [5.41, 5.74) is 5.33. The van der Waals surface area contributed by atoms with Gasteiger partial charge in [-0.1, -0.05) is 84.0 Å². The quantitative estimate of drug-likeness (QED) is 0.375. The average molecular weight is 302 g/mol. The second-order valence-electron chi connectivity index (χ2n) is 6.46. The fourth-order valence-corrected chi connectivity index (χ4v) is 2.75. The van der Waals surface area contributed by atoms with Gasteiger partial charge < -0.3 is 15.9 Å². The van der Waals surface area contributed by atoms with Crippen LogP contribution in [0.25, 0.3) is 0 Å². The number of hydrogen-bond acceptors (Lipinski definition) is 3. The van der Waals surface area contributed by atoms with E-state index in [2.05, 4.69) is 6.92 Å². The average Bonchev–Trinajstić information content (AvgIpc) is 2.48. The SMILES string of the molecule is CCCCCCCCCCCCCCC(O)CC(O)CN. The van der Waals surface area contributed by atoms with Crippen molar-refractivity contribution in [1.82, 2.24) is 0 Å². The topological polar surface area (TPSA) is 66.5 Å². The minimum absolute atomic E-state index is 0.246. The summed E-state index contributed by atoms with van der Waals surface area (Å²) >= 11 is 0. The molecule has 0 fully saturated rings. The van der Waals surface area contributed by atoms with Gasteiger partial charge in [-0.15, -0.1) is 0 Å². The van der Waals surface area contributed by atoms with Crippen molar-refractivity contribution in [1.29, 1.82) is 0 Å². The molecule has 2 unspecified atom stereocenters. The Balaban J connectivity index is 3.12. The van der Waals surface area contributed by atoms with E-state index in [-0.39, 0.29) is 12.6 Å². The van der Waals surface area contributed by atoms with E-state index in [9.17, 15) is 10.2 Å². The molecule has 3 heteroatoms. The summed E-state index contributed by atoms with van der Waals surface area (Å²) in [4.78, 5) is 0. The van der Waals surface area contributed by atoms with Crippen molar-refractivity contribution in [2.75, 3.05) is 6.54 Å². The fraction of sp³-hybridized carbons (Fsp3) is 1.00. The summed E-state index contributed by atoms with van der Waals surface area (Å²) in [6, 6.07) is 0. The van der Waals surface area contributed by atoms with E-state index < -0.39 is 6.10 Å². The molecule has 0 radical (unpaired) electrons. The molecule has 21 heavy (non-hydrogen) atoms. The molecular formula is C18H39NO2. The van der Waals surface area contributed by atoms with Crippen LogP contribution in [-0.2, 0) is 0 Å². The molecule has 0 heterocycles. The van der Waals surface area contributed by atoms with E-state index in [1.165, 1.54) is 70.6 Å². The highest BCUT2D eigenvalue weighted by Crippen LogP contribution is 2.13. The summed E-state index contributed by atoms with van der Waals surface area (Å²) in [5.74, 6) is 0. The van der Waals surface area contributed by atoms with Gasteiger partial charge in [0.2, 0.25) is 0 Å². The van der Waals surface area contributed by atoms with Gasteiger partial charge in [-0.25, -0.2) is 0 Å². The van der Waals surface area contributed by atoms with Gasteiger partial charge in [0.25, 0.3) is 0 Å². The van der Waals surface area contributed by atoms with Gasteiger partial charge in [0.1, 0.15) is 0 Å². The van der Waals surface area contributed by atoms with Crippen molar-refractivity contribution in [3.63, 3.8) is 0 Å². The molecular weight excluding hydrogens is 262 g/mol. The Bertz CT molecular complexity index is 200. The smallest absolute Gasteiger partial charge is 0.0687 e. The van der Waals surface area contributed by atoms with Crippen LogP contribution in [0.15, 0.2) is 0 Å². The van der Waals surface area contributed by atoms with Crippen molar-refractivity contribution >= 4 is 0 Å². The van der Waals surface area contributed by atoms with Gasteiger partial charge in [0.05, 0.1) is 12.2 Å². The Morgan fingerprint density at radius 2 is 1.10 bits per heavy atom. The number of unbranched alkanes of at least 4 members (excludes halogenated alkanes) is 11. The monoisotopic (exact) mass is 301 g/mol. The van der Waals surface area contributed by atoms with Crippen LogP contribution in [0.4, 0.5) is 0 Å². The lowest BCUT2D eigenvalue weighted by atomic mass is 10.0. The highest BCUT2D eigenvalue weighted by molar-refractivity contribution is 4.64. The van der Waals surface area contributed by atoms with Gasteiger partial charge in [-0.2, -0.15) is 0 Å². The molecule has 0 aliphatic heterocycles. The first-order valence-corrected chi connectivity index (χ1v) is 9.26. The van der Waals surface area contributed by atoms with Crippen LogP contribution in [-0.4, -0.2) is 29.0 Å². The number of hydrogen-bond donors (Lipinski definition) is 3. The van der Waals surface area contributed by atoms with Gasteiger partial charge in [-0.3, -0.25) is 0 Å².